The summed E-state index contributed by atoms with van der Waals surface area (Å²) in [5, 5.41) is 4.20. The van der Waals surface area contributed by atoms with Crippen molar-refractivity contribution in [2.24, 2.45) is 0 Å². The summed E-state index contributed by atoms with van der Waals surface area (Å²) in [7, 11) is 1.52. The first-order valence-corrected chi connectivity index (χ1v) is 5.44. The Labute approximate surface area is 100.0 Å². The third kappa shape index (κ3) is 1.91. The van der Waals surface area contributed by atoms with Gasteiger partial charge in [0.05, 0.1) is 12.8 Å². The molecule has 1 aromatic heterocycles. The molecule has 0 aliphatic rings. The van der Waals surface area contributed by atoms with E-state index in [1.165, 1.54) is 12.7 Å². The molecule has 0 unspecified atom stereocenters. The largest absolute Gasteiger partial charge is 0.478 e. The lowest BCUT2D eigenvalue weighted by Gasteiger charge is -2.04. The summed E-state index contributed by atoms with van der Waals surface area (Å²) in [6, 6.07) is 8.00. The fourth-order valence-electron chi connectivity index (χ4n) is 1.64. The Hall–Kier alpha value is -2.17. The highest BCUT2D eigenvalue weighted by Crippen LogP contribution is 2.28. The maximum atomic E-state index is 5.88. The van der Waals surface area contributed by atoms with Crippen LogP contribution in [0.4, 0.5) is 11.5 Å². The van der Waals surface area contributed by atoms with Crippen molar-refractivity contribution < 1.29 is 4.74 Å². The molecule has 5 nitrogen and oxygen atoms in total. The minimum Gasteiger partial charge on any atom is -0.478 e. The summed E-state index contributed by atoms with van der Waals surface area (Å²) in [5.74, 6) is 0.744. The topological polar surface area (TPSA) is 79.1 Å². The van der Waals surface area contributed by atoms with Gasteiger partial charge in [0.2, 0.25) is 0 Å². The molecular formula is C12H16N4O. The van der Waals surface area contributed by atoms with Gasteiger partial charge in [-0.25, -0.2) is 4.68 Å². The van der Waals surface area contributed by atoms with Crippen LogP contribution in [-0.2, 0) is 6.42 Å². The molecule has 0 radical (unpaired) electrons. The number of rotatable bonds is 3. The van der Waals surface area contributed by atoms with Crippen LogP contribution in [-0.4, -0.2) is 16.9 Å². The predicted octanol–water partition coefficient (Wildman–Crippen LogP) is 1.61. The van der Waals surface area contributed by atoms with Gasteiger partial charge in [0.15, 0.2) is 5.82 Å². The number of nitrogens with two attached hydrogens (primary N) is 2. The Morgan fingerprint density at radius 1 is 1.24 bits per heavy atom. The van der Waals surface area contributed by atoms with Crippen molar-refractivity contribution in [3.8, 4) is 11.6 Å². The second-order valence-electron chi connectivity index (χ2n) is 3.74. The summed E-state index contributed by atoms with van der Waals surface area (Å²) in [6.07, 6.45) is 1.00. The average Bonchev–Trinajstić information content (AvgIpc) is 2.66. The predicted molar refractivity (Wildman–Crippen MR) is 68.3 cm³/mol. The molecule has 0 amide bonds. The number of hydrogen-bond acceptors (Lipinski definition) is 4. The van der Waals surface area contributed by atoms with Crippen LogP contribution >= 0.6 is 0 Å². The van der Waals surface area contributed by atoms with Crippen LogP contribution in [0.5, 0.6) is 5.88 Å². The van der Waals surface area contributed by atoms with Gasteiger partial charge in [-0.15, -0.1) is 5.10 Å². The molecule has 0 saturated heterocycles. The maximum Gasteiger partial charge on any atom is 0.258 e. The SMILES string of the molecule is CCc1ccc(-n2nc(OC)c(N)c2N)cc1. The smallest absolute Gasteiger partial charge is 0.258 e. The summed E-state index contributed by atoms with van der Waals surface area (Å²) in [5.41, 5.74) is 14.2. The van der Waals surface area contributed by atoms with Gasteiger partial charge < -0.3 is 16.2 Å². The highest BCUT2D eigenvalue weighted by Gasteiger charge is 2.13. The van der Waals surface area contributed by atoms with Gasteiger partial charge in [0.25, 0.3) is 5.88 Å². The lowest BCUT2D eigenvalue weighted by atomic mass is 10.1. The molecule has 17 heavy (non-hydrogen) atoms. The van der Waals surface area contributed by atoms with E-state index in [2.05, 4.69) is 12.0 Å². The number of aromatic nitrogens is 2. The van der Waals surface area contributed by atoms with Gasteiger partial charge >= 0.3 is 0 Å². The van der Waals surface area contributed by atoms with Gasteiger partial charge in [-0.2, -0.15) is 0 Å². The standard InChI is InChI=1S/C12H16N4O/c1-3-8-4-6-9(7-5-8)16-11(14)10(13)12(15-16)17-2/h4-7H,3,13-14H2,1-2H3. The highest BCUT2D eigenvalue weighted by molar-refractivity contribution is 5.67. The summed E-state index contributed by atoms with van der Waals surface area (Å²) in [4.78, 5) is 0. The van der Waals surface area contributed by atoms with Crippen molar-refractivity contribution in [1.82, 2.24) is 9.78 Å². The van der Waals surface area contributed by atoms with Crippen molar-refractivity contribution >= 4 is 11.5 Å². The van der Waals surface area contributed by atoms with E-state index in [1.54, 1.807) is 4.68 Å². The van der Waals surface area contributed by atoms with Crippen LogP contribution in [0.15, 0.2) is 24.3 Å². The fourth-order valence-corrected chi connectivity index (χ4v) is 1.64. The summed E-state index contributed by atoms with van der Waals surface area (Å²) in [6.45, 7) is 2.11. The minimum atomic E-state index is 0.349. The van der Waals surface area contributed by atoms with E-state index in [9.17, 15) is 0 Å². The van der Waals surface area contributed by atoms with E-state index >= 15 is 0 Å². The average molecular weight is 232 g/mol. The molecule has 0 spiro atoms. The number of anilines is 2. The Morgan fingerprint density at radius 2 is 1.88 bits per heavy atom. The first-order valence-electron chi connectivity index (χ1n) is 5.44. The van der Waals surface area contributed by atoms with Gasteiger partial charge in [0, 0.05) is 0 Å². The van der Waals surface area contributed by atoms with Gasteiger partial charge in [0.1, 0.15) is 5.69 Å². The van der Waals surface area contributed by atoms with Gasteiger partial charge in [-0.1, -0.05) is 19.1 Å². The molecular weight excluding hydrogens is 216 g/mol. The molecule has 5 heteroatoms. The van der Waals surface area contributed by atoms with E-state index < -0.39 is 0 Å². The second-order valence-corrected chi connectivity index (χ2v) is 3.74. The number of methoxy groups -OCH3 is 1. The first-order chi connectivity index (χ1) is 8.17. The van der Waals surface area contributed by atoms with Crippen LogP contribution in [0.2, 0.25) is 0 Å². The van der Waals surface area contributed by atoms with E-state index in [0.29, 0.717) is 17.4 Å². The van der Waals surface area contributed by atoms with Crippen LogP contribution in [0.25, 0.3) is 5.69 Å². The Bertz CT molecular complexity index is 516. The first kappa shape index (κ1) is 11.3. The van der Waals surface area contributed by atoms with Crippen molar-refractivity contribution in [2.75, 3.05) is 18.6 Å². The number of nitrogens with zero attached hydrogens (tertiary/aromatic N) is 2. The fraction of sp³-hybridized carbons (Fsp3) is 0.250. The van der Waals surface area contributed by atoms with Crippen LogP contribution in [0.1, 0.15) is 12.5 Å². The zero-order valence-corrected chi connectivity index (χ0v) is 9.97. The number of benzene rings is 1. The number of hydrogen-bond donors (Lipinski definition) is 2. The molecule has 4 N–H and O–H groups in total. The highest BCUT2D eigenvalue weighted by atomic mass is 16.5. The number of nitrogen functional groups attached to an aromatic ring is 2. The molecule has 90 valence electrons. The van der Waals surface area contributed by atoms with Crippen molar-refractivity contribution in [3.63, 3.8) is 0 Å². The summed E-state index contributed by atoms with van der Waals surface area (Å²) < 4.78 is 6.61. The van der Waals surface area contributed by atoms with Crippen LogP contribution < -0.4 is 16.2 Å². The summed E-state index contributed by atoms with van der Waals surface area (Å²) >= 11 is 0. The third-order valence-electron chi connectivity index (χ3n) is 2.71. The number of ether oxygens (including phenoxy) is 1. The van der Waals surface area contributed by atoms with E-state index in [0.717, 1.165) is 12.1 Å². The molecule has 0 bridgehead atoms. The molecule has 0 aliphatic heterocycles. The Morgan fingerprint density at radius 3 is 2.35 bits per heavy atom. The minimum absolute atomic E-state index is 0.349. The van der Waals surface area contributed by atoms with Crippen molar-refractivity contribution in [2.45, 2.75) is 13.3 Å². The van der Waals surface area contributed by atoms with E-state index in [1.807, 2.05) is 24.3 Å². The third-order valence-corrected chi connectivity index (χ3v) is 2.71. The molecule has 1 aromatic carbocycles. The normalized spacial score (nSPS) is 10.5. The molecule has 0 saturated carbocycles. The molecule has 2 rings (SSSR count). The van der Waals surface area contributed by atoms with Crippen molar-refractivity contribution in [3.05, 3.63) is 29.8 Å². The zero-order chi connectivity index (χ0) is 12.4. The second kappa shape index (κ2) is 4.37. The van der Waals surface area contributed by atoms with E-state index in [4.69, 9.17) is 16.2 Å². The van der Waals surface area contributed by atoms with Gasteiger partial charge in [-0.05, 0) is 24.1 Å². The monoisotopic (exact) mass is 232 g/mol. The van der Waals surface area contributed by atoms with Gasteiger partial charge in [-0.3, -0.25) is 0 Å². The molecule has 0 aliphatic carbocycles. The lowest BCUT2D eigenvalue weighted by molar-refractivity contribution is 0.396. The zero-order valence-electron chi connectivity index (χ0n) is 9.97. The Kier molecular flexibility index (Phi) is 2.91. The van der Waals surface area contributed by atoms with Crippen LogP contribution in [0, 0.1) is 0 Å². The number of aryl methyl sites for hydroxylation is 1. The van der Waals surface area contributed by atoms with Crippen LogP contribution in [0.3, 0.4) is 0 Å². The van der Waals surface area contributed by atoms with E-state index in [-0.39, 0.29) is 0 Å². The Balaban J connectivity index is 2.45. The molecule has 0 atom stereocenters. The molecule has 2 aromatic rings. The lowest BCUT2D eigenvalue weighted by Crippen LogP contribution is -2.03. The molecule has 1 heterocycles. The maximum absolute atomic E-state index is 5.88. The quantitative estimate of drug-likeness (QED) is 0.842. The van der Waals surface area contributed by atoms with Crippen molar-refractivity contribution in [1.29, 1.82) is 0 Å². The molecule has 0 fully saturated rings.